The van der Waals surface area contributed by atoms with Gasteiger partial charge in [-0.1, -0.05) is 11.6 Å². The lowest BCUT2D eigenvalue weighted by molar-refractivity contribution is 0.574. The van der Waals surface area contributed by atoms with Crippen molar-refractivity contribution in [1.82, 2.24) is 4.98 Å². The minimum absolute atomic E-state index is 0.00576. The van der Waals surface area contributed by atoms with Gasteiger partial charge in [0, 0.05) is 11.1 Å². The highest BCUT2D eigenvalue weighted by Gasteiger charge is 2.15. The molecule has 2 N–H and O–H groups in total. The van der Waals surface area contributed by atoms with Gasteiger partial charge in [0.1, 0.15) is 17.2 Å². The Kier molecular flexibility index (Phi) is 2.64. The van der Waals surface area contributed by atoms with E-state index >= 15 is 0 Å². The second-order valence-corrected chi connectivity index (χ2v) is 4.42. The van der Waals surface area contributed by atoms with E-state index < -0.39 is 11.6 Å². The molecule has 1 aromatic heterocycles. The zero-order valence-corrected chi connectivity index (χ0v) is 10.2. The summed E-state index contributed by atoms with van der Waals surface area (Å²) in [6.07, 6.45) is 0. The molecule has 0 saturated heterocycles. The van der Waals surface area contributed by atoms with Crippen LogP contribution >= 0.6 is 11.6 Å². The summed E-state index contributed by atoms with van der Waals surface area (Å²) >= 11 is 5.83. The van der Waals surface area contributed by atoms with Crippen LogP contribution in [0.25, 0.3) is 22.6 Å². The van der Waals surface area contributed by atoms with Gasteiger partial charge in [0.2, 0.25) is 5.89 Å². The lowest BCUT2D eigenvalue weighted by Gasteiger charge is -2.01. The number of nitrogens with zero attached hydrogens (tertiary/aromatic N) is 1. The first kappa shape index (κ1) is 11.9. The summed E-state index contributed by atoms with van der Waals surface area (Å²) in [5, 5.41) is 0.492. The maximum Gasteiger partial charge on any atom is 0.230 e. The van der Waals surface area contributed by atoms with Crippen molar-refractivity contribution in [1.29, 1.82) is 0 Å². The number of fused-ring (bicyclic) bond motifs is 1. The molecule has 0 bridgehead atoms. The van der Waals surface area contributed by atoms with Gasteiger partial charge in [0.25, 0.3) is 0 Å². The van der Waals surface area contributed by atoms with Gasteiger partial charge in [-0.05, 0) is 24.3 Å². The van der Waals surface area contributed by atoms with E-state index in [9.17, 15) is 8.78 Å². The molecule has 0 aliphatic heterocycles. The molecule has 3 rings (SSSR count). The maximum absolute atomic E-state index is 13.7. The number of oxazole rings is 1. The molecular formula is C13H7ClF2N2O. The number of anilines is 1. The Morgan fingerprint density at radius 1 is 1.11 bits per heavy atom. The summed E-state index contributed by atoms with van der Waals surface area (Å²) in [5.74, 6) is -1.58. The van der Waals surface area contributed by atoms with Crippen molar-refractivity contribution in [2.24, 2.45) is 0 Å². The molecule has 0 atom stereocenters. The Bertz CT molecular complexity index is 786. The van der Waals surface area contributed by atoms with E-state index in [0.29, 0.717) is 22.2 Å². The van der Waals surface area contributed by atoms with Gasteiger partial charge in [-0.15, -0.1) is 0 Å². The molecule has 0 spiro atoms. The molecule has 6 heteroatoms. The Hall–Kier alpha value is -2.14. The molecule has 1 heterocycles. The summed E-state index contributed by atoms with van der Waals surface area (Å²) in [5.41, 5.74) is 6.20. The van der Waals surface area contributed by atoms with Crippen LogP contribution < -0.4 is 5.73 Å². The van der Waals surface area contributed by atoms with Gasteiger partial charge >= 0.3 is 0 Å². The third-order valence-corrected chi connectivity index (χ3v) is 2.90. The Balaban J connectivity index is 2.21. The average molecular weight is 281 g/mol. The number of nitrogen functional groups attached to an aromatic ring is 1. The van der Waals surface area contributed by atoms with Crippen molar-refractivity contribution < 1.29 is 13.2 Å². The number of halogens is 3. The number of hydrogen-bond donors (Lipinski definition) is 1. The van der Waals surface area contributed by atoms with Crippen molar-refractivity contribution in [3.8, 4) is 11.5 Å². The Morgan fingerprint density at radius 2 is 1.89 bits per heavy atom. The van der Waals surface area contributed by atoms with E-state index in [0.717, 1.165) is 6.07 Å². The van der Waals surface area contributed by atoms with Crippen LogP contribution in [0.15, 0.2) is 34.7 Å². The molecule has 0 saturated carbocycles. The minimum Gasteiger partial charge on any atom is -0.436 e. The minimum atomic E-state index is -0.819. The zero-order chi connectivity index (χ0) is 13.6. The molecule has 2 aromatic carbocycles. The lowest BCUT2D eigenvalue weighted by Crippen LogP contribution is -1.94. The van der Waals surface area contributed by atoms with Gasteiger partial charge in [-0.3, -0.25) is 0 Å². The molecule has 0 radical (unpaired) electrons. The summed E-state index contributed by atoms with van der Waals surface area (Å²) in [4.78, 5) is 4.11. The maximum atomic E-state index is 13.7. The van der Waals surface area contributed by atoms with Gasteiger partial charge < -0.3 is 10.2 Å². The lowest BCUT2D eigenvalue weighted by atomic mass is 10.2. The molecule has 0 fully saturated rings. The van der Waals surface area contributed by atoms with E-state index in [1.165, 1.54) is 0 Å². The average Bonchev–Trinajstić information content (AvgIpc) is 2.76. The highest BCUT2D eigenvalue weighted by Crippen LogP contribution is 2.30. The van der Waals surface area contributed by atoms with Crippen LogP contribution in [-0.2, 0) is 0 Å². The highest BCUT2D eigenvalue weighted by molar-refractivity contribution is 6.31. The zero-order valence-electron chi connectivity index (χ0n) is 9.45. The first-order valence-electron chi connectivity index (χ1n) is 5.35. The smallest absolute Gasteiger partial charge is 0.230 e. The molecule has 0 unspecified atom stereocenters. The van der Waals surface area contributed by atoms with Gasteiger partial charge in [0.05, 0.1) is 11.3 Å². The second-order valence-electron chi connectivity index (χ2n) is 3.98. The van der Waals surface area contributed by atoms with Crippen molar-refractivity contribution in [2.75, 3.05) is 5.73 Å². The van der Waals surface area contributed by atoms with Crippen molar-refractivity contribution in [3.63, 3.8) is 0 Å². The largest absolute Gasteiger partial charge is 0.436 e. The van der Waals surface area contributed by atoms with E-state index in [-0.39, 0.29) is 17.1 Å². The fourth-order valence-corrected chi connectivity index (χ4v) is 1.91. The summed E-state index contributed by atoms with van der Waals surface area (Å²) in [6.45, 7) is 0. The van der Waals surface area contributed by atoms with Crippen LogP contribution in [0, 0.1) is 11.6 Å². The molecule has 3 nitrogen and oxygen atoms in total. The number of aromatic nitrogens is 1. The quantitative estimate of drug-likeness (QED) is 0.685. The summed E-state index contributed by atoms with van der Waals surface area (Å²) in [6, 6.07) is 6.70. The number of nitrogens with two attached hydrogens (primary N) is 1. The molecule has 96 valence electrons. The molecule has 0 amide bonds. The normalized spacial score (nSPS) is 11.1. The van der Waals surface area contributed by atoms with Crippen LogP contribution in [0.4, 0.5) is 14.5 Å². The number of benzene rings is 2. The summed E-state index contributed by atoms with van der Waals surface area (Å²) < 4.78 is 32.2. The Labute approximate surface area is 111 Å². The van der Waals surface area contributed by atoms with Crippen molar-refractivity contribution in [2.45, 2.75) is 0 Å². The highest BCUT2D eigenvalue weighted by atomic mass is 35.5. The van der Waals surface area contributed by atoms with E-state index in [2.05, 4.69) is 4.98 Å². The van der Waals surface area contributed by atoms with Crippen LogP contribution in [0.2, 0.25) is 5.02 Å². The predicted molar refractivity (Wildman–Crippen MR) is 68.8 cm³/mol. The van der Waals surface area contributed by atoms with Crippen molar-refractivity contribution in [3.05, 3.63) is 47.0 Å². The number of rotatable bonds is 1. The topological polar surface area (TPSA) is 52.0 Å². The van der Waals surface area contributed by atoms with Gasteiger partial charge in [0.15, 0.2) is 5.58 Å². The van der Waals surface area contributed by atoms with E-state index in [1.807, 2.05) is 0 Å². The summed E-state index contributed by atoms with van der Waals surface area (Å²) in [7, 11) is 0. The van der Waals surface area contributed by atoms with Gasteiger partial charge in [-0.25, -0.2) is 13.8 Å². The fourth-order valence-electron chi connectivity index (χ4n) is 1.75. The molecule has 3 aromatic rings. The SMILES string of the molecule is Nc1cc(-c2nc3cc(Cl)ccc3o2)c(F)cc1F. The number of hydrogen-bond acceptors (Lipinski definition) is 3. The third-order valence-electron chi connectivity index (χ3n) is 2.67. The standard InChI is InChI=1S/C13H7ClF2N2O/c14-6-1-2-12-11(3-6)18-13(19-12)7-4-10(17)9(16)5-8(7)15/h1-5H,17H2. The molecule has 0 aliphatic rings. The second kappa shape index (κ2) is 4.20. The monoisotopic (exact) mass is 280 g/mol. The third kappa shape index (κ3) is 2.02. The van der Waals surface area contributed by atoms with Crippen LogP contribution in [0.3, 0.4) is 0 Å². The fraction of sp³-hybridized carbons (Fsp3) is 0. The predicted octanol–water partition coefficient (Wildman–Crippen LogP) is 4.01. The van der Waals surface area contributed by atoms with E-state index in [4.69, 9.17) is 21.8 Å². The van der Waals surface area contributed by atoms with Crippen LogP contribution in [-0.4, -0.2) is 4.98 Å². The molecular weight excluding hydrogens is 274 g/mol. The van der Waals surface area contributed by atoms with E-state index in [1.54, 1.807) is 18.2 Å². The van der Waals surface area contributed by atoms with Crippen LogP contribution in [0.5, 0.6) is 0 Å². The first-order valence-corrected chi connectivity index (χ1v) is 5.73. The molecule has 19 heavy (non-hydrogen) atoms. The first-order chi connectivity index (χ1) is 9.04. The molecule has 0 aliphatic carbocycles. The van der Waals surface area contributed by atoms with Crippen molar-refractivity contribution >= 4 is 28.4 Å². The van der Waals surface area contributed by atoms with Crippen LogP contribution in [0.1, 0.15) is 0 Å². The van der Waals surface area contributed by atoms with Gasteiger partial charge in [-0.2, -0.15) is 0 Å². The Morgan fingerprint density at radius 3 is 2.68 bits per heavy atom.